The molecule has 3 aromatic rings. The van der Waals surface area contributed by atoms with Gasteiger partial charge in [0.1, 0.15) is 5.75 Å². The molecule has 0 fully saturated rings. The SMILES string of the molecule is COC(=O)c1ccc(C(=O)OC)c(NC(=O)COc2ccc(C(C)(C)c3ccccc3)cc2)c1. The first-order valence-electron chi connectivity index (χ1n) is 10.7. The molecule has 3 rings (SSSR count). The summed E-state index contributed by atoms with van der Waals surface area (Å²) in [5, 5.41) is 2.60. The Morgan fingerprint density at radius 1 is 0.794 bits per heavy atom. The van der Waals surface area contributed by atoms with Crippen molar-refractivity contribution in [1.29, 1.82) is 0 Å². The predicted octanol–water partition coefficient (Wildman–Crippen LogP) is 4.60. The van der Waals surface area contributed by atoms with Crippen molar-refractivity contribution < 1.29 is 28.6 Å². The highest BCUT2D eigenvalue weighted by atomic mass is 16.5. The number of ether oxygens (including phenoxy) is 3. The summed E-state index contributed by atoms with van der Waals surface area (Å²) in [7, 11) is 2.48. The van der Waals surface area contributed by atoms with Crippen molar-refractivity contribution in [2.24, 2.45) is 0 Å². The molecule has 34 heavy (non-hydrogen) atoms. The molecule has 0 saturated carbocycles. The monoisotopic (exact) mass is 461 g/mol. The molecule has 0 unspecified atom stereocenters. The lowest BCUT2D eigenvalue weighted by atomic mass is 9.78. The Morgan fingerprint density at radius 3 is 2.03 bits per heavy atom. The Hall–Kier alpha value is -4.13. The maximum Gasteiger partial charge on any atom is 0.339 e. The van der Waals surface area contributed by atoms with Gasteiger partial charge >= 0.3 is 11.9 Å². The summed E-state index contributed by atoms with van der Waals surface area (Å²) in [6, 6.07) is 21.9. The third-order valence-electron chi connectivity index (χ3n) is 5.56. The Balaban J connectivity index is 1.68. The molecule has 0 radical (unpaired) electrons. The smallest absolute Gasteiger partial charge is 0.339 e. The minimum absolute atomic E-state index is 0.107. The number of carbonyl (C=O) groups excluding carboxylic acids is 3. The molecule has 0 atom stereocenters. The average molecular weight is 462 g/mol. The molecular formula is C27H27NO6. The molecule has 0 heterocycles. The fourth-order valence-electron chi connectivity index (χ4n) is 3.50. The van der Waals surface area contributed by atoms with Gasteiger partial charge in [-0.3, -0.25) is 4.79 Å². The van der Waals surface area contributed by atoms with Gasteiger partial charge in [-0.2, -0.15) is 0 Å². The van der Waals surface area contributed by atoms with Crippen molar-refractivity contribution in [2.45, 2.75) is 19.3 Å². The number of esters is 2. The minimum atomic E-state index is -0.649. The van der Waals surface area contributed by atoms with E-state index >= 15 is 0 Å². The van der Waals surface area contributed by atoms with Crippen LogP contribution >= 0.6 is 0 Å². The van der Waals surface area contributed by atoms with E-state index in [4.69, 9.17) is 14.2 Å². The van der Waals surface area contributed by atoms with Crippen LogP contribution in [-0.4, -0.2) is 38.7 Å². The van der Waals surface area contributed by atoms with Crippen molar-refractivity contribution in [2.75, 3.05) is 26.1 Å². The molecule has 0 spiro atoms. The molecule has 0 bridgehead atoms. The van der Waals surface area contributed by atoms with Gasteiger partial charge in [-0.25, -0.2) is 9.59 Å². The molecule has 7 nitrogen and oxygen atoms in total. The summed E-state index contributed by atoms with van der Waals surface area (Å²) in [5.74, 6) is -1.22. The maximum absolute atomic E-state index is 12.5. The van der Waals surface area contributed by atoms with Crippen molar-refractivity contribution in [3.8, 4) is 5.75 Å². The molecule has 0 aliphatic carbocycles. The largest absolute Gasteiger partial charge is 0.484 e. The number of carbonyl (C=O) groups is 3. The van der Waals surface area contributed by atoms with E-state index in [0.717, 1.165) is 5.56 Å². The quantitative estimate of drug-likeness (QED) is 0.493. The Morgan fingerprint density at radius 2 is 1.41 bits per heavy atom. The van der Waals surface area contributed by atoms with Crippen LogP contribution in [0.1, 0.15) is 45.7 Å². The van der Waals surface area contributed by atoms with Crippen LogP contribution in [0.5, 0.6) is 5.75 Å². The van der Waals surface area contributed by atoms with Gasteiger partial charge in [0.25, 0.3) is 5.91 Å². The fraction of sp³-hybridized carbons (Fsp3) is 0.222. The standard InChI is InChI=1S/C27H27NO6/c1-27(2,19-8-6-5-7-9-19)20-11-13-21(14-12-20)34-17-24(29)28-23-16-18(25(30)32-3)10-15-22(23)26(31)33-4/h5-16H,17H2,1-4H3,(H,28,29). The Labute approximate surface area is 198 Å². The van der Waals surface area contributed by atoms with Crippen LogP contribution in [0.2, 0.25) is 0 Å². The maximum atomic E-state index is 12.5. The van der Waals surface area contributed by atoms with E-state index in [1.54, 1.807) is 0 Å². The Kier molecular flexibility index (Phi) is 7.68. The van der Waals surface area contributed by atoms with Gasteiger partial charge in [0, 0.05) is 5.41 Å². The second kappa shape index (κ2) is 10.7. The molecule has 0 aliphatic heterocycles. The summed E-state index contributed by atoms with van der Waals surface area (Å²) in [6.07, 6.45) is 0. The molecule has 1 amide bonds. The lowest BCUT2D eigenvalue weighted by molar-refractivity contribution is -0.118. The summed E-state index contributed by atoms with van der Waals surface area (Å²) < 4.78 is 15.1. The number of benzene rings is 3. The summed E-state index contributed by atoms with van der Waals surface area (Å²) in [6.45, 7) is 4.00. The molecule has 0 aromatic heterocycles. The summed E-state index contributed by atoms with van der Waals surface area (Å²) in [5.41, 5.74) is 2.53. The van der Waals surface area contributed by atoms with E-state index in [0.29, 0.717) is 5.75 Å². The van der Waals surface area contributed by atoms with Crippen LogP contribution in [0.25, 0.3) is 0 Å². The average Bonchev–Trinajstić information content (AvgIpc) is 2.87. The lowest BCUT2D eigenvalue weighted by Gasteiger charge is -2.26. The zero-order valence-electron chi connectivity index (χ0n) is 19.6. The molecule has 1 N–H and O–H groups in total. The second-order valence-corrected chi connectivity index (χ2v) is 8.10. The highest BCUT2D eigenvalue weighted by Crippen LogP contribution is 2.32. The van der Waals surface area contributed by atoms with Crippen molar-refractivity contribution >= 4 is 23.5 Å². The van der Waals surface area contributed by atoms with Gasteiger partial charge in [0.15, 0.2) is 6.61 Å². The van der Waals surface area contributed by atoms with E-state index < -0.39 is 17.8 Å². The normalized spacial score (nSPS) is 10.8. The highest BCUT2D eigenvalue weighted by Gasteiger charge is 2.23. The second-order valence-electron chi connectivity index (χ2n) is 8.10. The first kappa shape index (κ1) is 24.5. The van der Waals surface area contributed by atoms with Crippen LogP contribution in [0.4, 0.5) is 5.69 Å². The number of hydrogen-bond acceptors (Lipinski definition) is 6. The van der Waals surface area contributed by atoms with Gasteiger partial charge in [-0.1, -0.05) is 56.3 Å². The van der Waals surface area contributed by atoms with Crippen LogP contribution in [0, 0.1) is 0 Å². The minimum Gasteiger partial charge on any atom is -0.484 e. The van der Waals surface area contributed by atoms with E-state index in [-0.39, 0.29) is 28.8 Å². The number of rotatable bonds is 8. The molecule has 7 heteroatoms. The van der Waals surface area contributed by atoms with Crippen LogP contribution < -0.4 is 10.1 Å². The van der Waals surface area contributed by atoms with Gasteiger partial charge < -0.3 is 19.5 Å². The third kappa shape index (κ3) is 5.61. The Bertz CT molecular complexity index is 1170. The van der Waals surface area contributed by atoms with Gasteiger partial charge in [-0.05, 0) is 41.5 Å². The number of amides is 1. The van der Waals surface area contributed by atoms with Crippen molar-refractivity contribution in [3.63, 3.8) is 0 Å². The van der Waals surface area contributed by atoms with Gasteiger partial charge in [-0.15, -0.1) is 0 Å². The number of hydrogen-bond donors (Lipinski definition) is 1. The van der Waals surface area contributed by atoms with E-state index in [1.807, 2.05) is 42.5 Å². The summed E-state index contributed by atoms with van der Waals surface area (Å²) >= 11 is 0. The lowest BCUT2D eigenvalue weighted by Crippen LogP contribution is -2.22. The van der Waals surface area contributed by atoms with Crippen LogP contribution in [0.3, 0.4) is 0 Å². The number of anilines is 1. The van der Waals surface area contributed by atoms with E-state index in [2.05, 4.69) is 31.3 Å². The van der Waals surface area contributed by atoms with Crippen molar-refractivity contribution in [1.82, 2.24) is 0 Å². The molecule has 176 valence electrons. The highest BCUT2D eigenvalue weighted by molar-refractivity contribution is 6.03. The zero-order chi connectivity index (χ0) is 24.7. The summed E-state index contributed by atoms with van der Waals surface area (Å²) in [4.78, 5) is 36.4. The van der Waals surface area contributed by atoms with Crippen LogP contribution in [0.15, 0.2) is 72.8 Å². The van der Waals surface area contributed by atoms with E-state index in [9.17, 15) is 14.4 Å². The topological polar surface area (TPSA) is 90.9 Å². The van der Waals surface area contributed by atoms with Gasteiger partial charge in [0.2, 0.25) is 0 Å². The van der Waals surface area contributed by atoms with E-state index in [1.165, 1.54) is 38.0 Å². The van der Waals surface area contributed by atoms with Crippen molar-refractivity contribution in [3.05, 3.63) is 95.1 Å². The molecule has 0 saturated heterocycles. The molecule has 3 aromatic carbocycles. The predicted molar refractivity (Wildman–Crippen MR) is 128 cm³/mol. The fourth-order valence-corrected chi connectivity index (χ4v) is 3.50. The molecule has 0 aliphatic rings. The zero-order valence-corrected chi connectivity index (χ0v) is 19.6. The first-order chi connectivity index (χ1) is 16.3. The number of methoxy groups -OCH3 is 2. The van der Waals surface area contributed by atoms with Crippen LogP contribution in [-0.2, 0) is 19.7 Å². The first-order valence-corrected chi connectivity index (χ1v) is 10.7. The third-order valence-corrected chi connectivity index (χ3v) is 5.56. The molecular weight excluding hydrogens is 434 g/mol. The van der Waals surface area contributed by atoms with Gasteiger partial charge in [0.05, 0.1) is 31.0 Å². The number of nitrogens with one attached hydrogen (secondary N) is 1.